The minimum Gasteiger partial charge on any atom is -0.374 e. The van der Waals surface area contributed by atoms with Gasteiger partial charge in [-0.05, 0) is 69.1 Å². The zero-order valence-corrected chi connectivity index (χ0v) is 22.3. The van der Waals surface area contributed by atoms with E-state index < -0.39 is 13.3 Å². The van der Waals surface area contributed by atoms with Crippen LogP contribution in [0.2, 0.25) is 0 Å². The third-order valence-electron chi connectivity index (χ3n) is 6.88. The van der Waals surface area contributed by atoms with E-state index in [1.165, 1.54) is 44.2 Å². The Kier molecular flexibility index (Phi) is 6.11. The highest BCUT2D eigenvalue weighted by Crippen LogP contribution is 2.66. The zero-order chi connectivity index (χ0) is 24.7. The van der Waals surface area contributed by atoms with Crippen LogP contribution in [-0.4, -0.2) is 5.45 Å². The van der Waals surface area contributed by atoms with E-state index >= 15 is 0 Å². The Balaban J connectivity index is 1.88. The van der Waals surface area contributed by atoms with Gasteiger partial charge in [-0.25, -0.2) is 0 Å². The fourth-order valence-electron chi connectivity index (χ4n) is 5.68. The Morgan fingerprint density at radius 1 is 0.600 bits per heavy atom. The summed E-state index contributed by atoms with van der Waals surface area (Å²) < 4.78 is 0. The third-order valence-corrected chi connectivity index (χ3v) is 9.99. The Labute approximate surface area is 210 Å². The molecule has 0 aliphatic carbocycles. The monoisotopic (exact) mass is 477 g/mol. The van der Waals surface area contributed by atoms with E-state index in [1.54, 1.807) is 0 Å². The summed E-state index contributed by atoms with van der Waals surface area (Å²) in [6.07, 6.45) is 0. The van der Waals surface area contributed by atoms with E-state index in [0.717, 1.165) is 16.6 Å². The molecule has 0 bridgehead atoms. The molecule has 0 saturated heterocycles. The molecule has 0 radical (unpaired) electrons. The Morgan fingerprint density at radius 3 is 1.49 bits per heavy atom. The van der Waals surface area contributed by atoms with Gasteiger partial charge in [0.1, 0.15) is 5.45 Å². The maximum Gasteiger partial charge on any atom is 0.215 e. The molecule has 4 aromatic carbocycles. The number of hydrogen-bond donors (Lipinski definition) is 0. The fraction of sp³-hybridized carbons (Fsp3) is 0.219. The van der Waals surface area contributed by atoms with Crippen molar-refractivity contribution in [3.8, 4) is 0 Å². The van der Waals surface area contributed by atoms with Crippen molar-refractivity contribution in [2.24, 2.45) is 5.16 Å². The molecule has 0 amide bonds. The van der Waals surface area contributed by atoms with Crippen LogP contribution in [0.25, 0.3) is 0 Å². The van der Waals surface area contributed by atoms with Crippen LogP contribution in [0.1, 0.15) is 50.1 Å². The standard InChI is InChI=1S/C32H32NOP/c1-21-17-23(3)29(24(4)18-21)31-33-34-32(27-13-9-7-10-14-27,28-15-11-8-12-16-28)35(31)30-25(5)19-22(2)20-26(30)6/h7-20H,1-6H3. The molecule has 1 aliphatic heterocycles. The molecule has 0 spiro atoms. The first-order valence-corrected chi connectivity index (χ1v) is 13.5. The van der Waals surface area contributed by atoms with Crippen molar-refractivity contribution in [2.45, 2.75) is 46.9 Å². The number of nitrogens with zero attached hydrogens (tertiary/aromatic N) is 1. The second kappa shape index (κ2) is 9.10. The summed E-state index contributed by atoms with van der Waals surface area (Å²) in [5.41, 5.74) is 12.2. The predicted molar refractivity (Wildman–Crippen MR) is 149 cm³/mol. The maximum absolute atomic E-state index is 6.74. The first-order chi connectivity index (χ1) is 16.8. The minimum atomic E-state index is -1.05. The second-order valence-corrected chi connectivity index (χ2v) is 11.9. The van der Waals surface area contributed by atoms with E-state index in [1.807, 2.05) is 0 Å². The molecule has 1 unspecified atom stereocenters. The van der Waals surface area contributed by atoms with Gasteiger partial charge in [0.15, 0.2) is 0 Å². The van der Waals surface area contributed by atoms with Gasteiger partial charge in [0.25, 0.3) is 0 Å². The highest BCUT2D eigenvalue weighted by atomic mass is 31.1. The summed E-state index contributed by atoms with van der Waals surface area (Å²) >= 11 is 0. The third kappa shape index (κ3) is 3.91. The second-order valence-electron chi connectivity index (χ2n) is 9.74. The Hall–Kier alpha value is -3.22. The highest BCUT2D eigenvalue weighted by Gasteiger charge is 2.54. The average Bonchev–Trinajstić information content (AvgIpc) is 3.19. The van der Waals surface area contributed by atoms with Gasteiger partial charge >= 0.3 is 0 Å². The van der Waals surface area contributed by atoms with E-state index in [0.29, 0.717) is 0 Å². The topological polar surface area (TPSA) is 21.6 Å². The lowest BCUT2D eigenvalue weighted by Crippen LogP contribution is -2.32. The largest absolute Gasteiger partial charge is 0.374 e. The van der Waals surface area contributed by atoms with Crippen LogP contribution in [0.3, 0.4) is 0 Å². The van der Waals surface area contributed by atoms with Gasteiger partial charge in [-0.1, -0.05) is 101 Å². The van der Waals surface area contributed by atoms with Gasteiger partial charge in [0, 0.05) is 24.6 Å². The van der Waals surface area contributed by atoms with Gasteiger partial charge in [-0.3, -0.25) is 0 Å². The van der Waals surface area contributed by atoms with Crippen molar-refractivity contribution < 1.29 is 4.84 Å². The van der Waals surface area contributed by atoms with Crippen LogP contribution in [0, 0.1) is 41.5 Å². The molecule has 0 saturated carbocycles. The molecule has 176 valence electrons. The van der Waals surface area contributed by atoms with Crippen LogP contribution in [0.15, 0.2) is 90.1 Å². The predicted octanol–water partition coefficient (Wildman–Crippen LogP) is 7.94. The van der Waals surface area contributed by atoms with Gasteiger partial charge in [-0.15, -0.1) is 0 Å². The van der Waals surface area contributed by atoms with E-state index in [2.05, 4.69) is 126 Å². The van der Waals surface area contributed by atoms with Crippen molar-refractivity contribution in [3.63, 3.8) is 0 Å². The number of benzene rings is 4. The Morgan fingerprint density at radius 2 is 1.03 bits per heavy atom. The van der Waals surface area contributed by atoms with E-state index in [4.69, 9.17) is 9.99 Å². The fourth-order valence-corrected chi connectivity index (χ4v) is 8.97. The summed E-state index contributed by atoms with van der Waals surface area (Å²) in [5.74, 6) is 0. The molecule has 5 rings (SSSR count). The Bertz CT molecular complexity index is 1340. The number of hydrogen-bond acceptors (Lipinski definition) is 2. The molecular formula is C32H32NOP. The first kappa shape index (κ1) is 23.5. The maximum atomic E-state index is 6.74. The lowest BCUT2D eigenvalue weighted by molar-refractivity contribution is 0.0633. The van der Waals surface area contributed by atoms with Gasteiger partial charge in [-0.2, -0.15) is 0 Å². The summed E-state index contributed by atoms with van der Waals surface area (Å²) in [6, 6.07) is 30.4. The lowest BCUT2D eigenvalue weighted by atomic mass is 10.0. The molecule has 3 heteroatoms. The molecule has 0 fully saturated rings. The van der Waals surface area contributed by atoms with Crippen LogP contribution < -0.4 is 5.30 Å². The molecule has 2 nitrogen and oxygen atoms in total. The molecular weight excluding hydrogens is 445 g/mol. The molecule has 1 atom stereocenters. The van der Waals surface area contributed by atoms with Crippen molar-refractivity contribution in [1.82, 2.24) is 0 Å². The van der Waals surface area contributed by atoms with E-state index in [9.17, 15) is 0 Å². The van der Waals surface area contributed by atoms with Crippen LogP contribution in [0.4, 0.5) is 0 Å². The van der Waals surface area contributed by atoms with Crippen molar-refractivity contribution >= 4 is 18.7 Å². The number of aryl methyl sites for hydroxylation is 6. The van der Waals surface area contributed by atoms with Gasteiger partial charge < -0.3 is 4.84 Å². The normalized spacial score (nSPS) is 16.6. The number of oxime groups is 1. The van der Waals surface area contributed by atoms with Crippen molar-refractivity contribution in [2.75, 3.05) is 0 Å². The summed E-state index contributed by atoms with van der Waals surface area (Å²) in [7, 11) is -1.05. The lowest BCUT2D eigenvalue weighted by Gasteiger charge is -2.36. The average molecular weight is 478 g/mol. The minimum absolute atomic E-state index is 0.707. The molecule has 35 heavy (non-hydrogen) atoms. The summed E-state index contributed by atoms with van der Waals surface area (Å²) in [6.45, 7) is 13.2. The number of rotatable bonds is 4. The smallest absolute Gasteiger partial charge is 0.215 e. The highest BCUT2D eigenvalue weighted by molar-refractivity contribution is 7.84. The molecule has 4 aromatic rings. The van der Waals surface area contributed by atoms with Gasteiger partial charge in [0.05, 0.1) is 0 Å². The molecule has 1 aliphatic rings. The van der Waals surface area contributed by atoms with Crippen LogP contribution >= 0.6 is 7.92 Å². The SMILES string of the molecule is Cc1cc(C)c(C2=NOC(c3ccccc3)(c3ccccc3)P2c2c(C)cc(C)cc2C)c(C)c1. The molecule has 0 aromatic heterocycles. The molecule has 0 N–H and O–H groups in total. The van der Waals surface area contributed by atoms with Crippen molar-refractivity contribution in [3.05, 3.63) is 135 Å². The first-order valence-electron chi connectivity index (χ1n) is 12.2. The van der Waals surface area contributed by atoms with Crippen LogP contribution in [-0.2, 0) is 10.2 Å². The van der Waals surface area contributed by atoms with Gasteiger partial charge in [0.2, 0.25) is 5.34 Å². The zero-order valence-electron chi connectivity index (χ0n) is 21.4. The van der Waals surface area contributed by atoms with Crippen molar-refractivity contribution in [1.29, 1.82) is 0 Å². The summed E-state index contributed by atoms with van der Waals surface area (Å²) in [4.78, 5) is 6.74. The summed E-state index contributed by atoms with van der Waals surface area (Å²) in [5, 5.41) is 5.62. The quantitative estimate of drug-likeness (QED) is 0.273. The molecule has 1 heterocycles. The van der Waals surface area contributed by atoms with E-state index in [-0.39, 0.29) is 0 Å². The van der Waals surface area contributed by atoms with Crippen LogP contribution in [0.5, 0.6) is 0 Å².